The van der Waals surface area contributed by atoms with E-state index in [0.29, 0.717) is 17.9 Å². The molecule has 0 aliphatic carbocycles. The number of nitrogens with zero attached hydrogens (tertiary/aromatic N) is 2. The smallest absolute Gasteiger partial charge is 0.226 e. The summed E-state index contributed by atoms with van der Waals surface area (Å²) in [6.45, 7) is 0. The molecular weight excluding hydrogens is 270 g/mol. The van der Waals surface area contributed by atoms with Crippen molar-refractivity contribution in [1.29, 1.82) is 0 Å². The molecule has 1 aromatic carbocycles. The number of ether oxygens (including phenoxy) is 2. The Hall–Kier alpha value is -2.50. The van der Waals surface area contributed by atoms with Crippen LogP contribution in [0.5, 0.6) is 11.5 Å². The number of rotatable bonds is 3. The molecule has 2 aromatic rings. The molecule has 0 spiro atoms. The highest BCUT2D eigenvalue weighted by molar-refractivity contribution is 5.94. The van der Waals surface area contributed by atoms with Crippen LogP contribution >= 0.6 is 0 Å². The van der Waals surface area contributed by atoms with Gasteiger partial charge >= 0.3 is 0 Å². The van der Waals surface area contributed by atoms with Crippen molar-refractivity contribution in [2.75, 3.05) is 19.5 Å². The number of aryl methyl sites for hydroxylation is 1. The zero-order valence-electron chi connectivity index (χ0n) is 12.2. The Labute approximate surface area is 122 Å². The third kappa shape index (κ3) is 2.12. The number of para-hydroxylation sites is 1. The summed E-state index contributed by atoms with van der Waals surface area (Å²) < 4.78 is 12.5. The Bertz CT molecular complexity index is 693. The van der Waals surface area contributed by atoms with E-state index >= 15 is 0 Å². The summed E-state index contributed by atoms with van der Waals surface area (Å²) in [6.07, 6.45) is 2.15. The van der Waals surface area contributed by atoms with Crippen molar-refractivity contribution >= 4 is 11.7 Å². The van der Waals surface area contributed by atoms with Crippen LogP contribution in [0, 0.1) is 0 Å². The van der Waals surface area contributed by atoms with Crippen LogP contribution in [0.25, 0.3) is 0 Å². The lowest BCUT2D eigenvalue weighted by Gasteiger charge is -2.25. The Kier molecular flexibility index (Phi) is 3.29. The number of fused-ring (bicyclic) bond motifs is 1. The molecule has 1 aromatic heterocycles. The number of carbonyl (C=O) groups is 1. The second kappa shape index (κ2) is 5.12. The van der Waals surface area contributed by atoms with E-state index in [4.69, 9.17) is 9.47 Å². The van der Waals surface area contributed by atoms with Gasteiger partial charge in [0.05, 0.1) is 20.4 Å². The molecule has 6 nitrogen and oxygen atoms in total. The van der Waals surface area contributed by atoms with Crippen molar-refractivity contribution in [2.45, 2.75) is 12.3 Å². The molecule has 110 valence electrons. The summed E-state index contributed by atoms with van der Waals surface area (Å²) in [5, 5.41) is 7.10. The summed E-state index contributed by atoms with van der Waals surface area (Å²) in [7, 11) is 5.02. The SMILES string of the molecule is COc1cccc(C2CC(=O)Nc3c2cnn3C)c1OC. The lowest BCUT2D eigenvalue weighted by Crippen LogP contribution is -2.24. The highest BCUT2D eigenvalue weighted by Gasteiger charge is 2.31. The monoisotopic (exact) mass is 287 g/mol. The van der Waals surface area contributed by atoms with Gasteiger partial charge in [-0.2, -0.15) is 5.10 Å². The first-order valence-corrected chi connectivity index (χ1v) is 6.68. The Morgan fingerprint density at radius 2 is 2.10 bits per heavy atom. The summed E-state index contributed by atoms with van der Waals surface area (Å²) in [6, 6.07) is 5.70. The lowest BCUT2D eigenvalue weighted by atomic mass is 9.86. The average Bonchev–Trinajstić information content (AvgIpc) is 2.87. The quantitative estimate of drug-likeness (QED) is 0.936. The van der Waals surface area contributed by atoms with Gasteiger partial charge in [-0.1, -0.05) is 12.1 Å². The number of carbonyl (C=O) groups excluding carboxylic acids is 1. The number of methoxy groups -OCH3 is 2. The highest BCUT2D eigenvalue weighted by Crippen LogP contribution is 2.43. The van der Waals surface area contributed by atoms with Crippen LogP contribution in [0.15, 0.2) is 24.4 Å². The number of anilines is 1. The third-order valence-electron chi connectivity index (χ3n) is 3.80. The average molecular weight is 287 g/mol. The zero-order chi connectivity index (χ0) is 15.0. The predicted octanol–water partition coefficient (Wildman–Crippen LogP) is 1.91. The fraction of sp³-hybridized carbons (Fsp3) is 0.333. The standard InChI is InChI=1S/C15H17N3O3/c1-18-15-11(8-16-18)10(7-13(19)17-15)9-5-4-6-12(20-2)14(9)21-3/h4-6,8,10H,7H2,1-3H3,(H,17,19). The molecule has 21 heavy (non-hydrogen) atoms. The van der Waals surface area contributed by atoms with Crippen molar-refractivity contribution in [3.63, 3.8) is 0 Å². The molecular formula is C15H17N3O3. The van der Waals surface area contributed by atoms with E-state index in [9.17, 15) is 4.79 Å². The molecule has 3 rings (SSSR count). The number of amides is 1. The maximum atomic E-state index is 12.0. The molecule has 1 N–H and O–H groups in total. The maximum absolute atomic E-state index is 12.0. The largest absolute Gasteiger partial charge is 0.493 e. The van der Waals surface area contributed by atoms with E-state index in [1.807, 2.05) is 25.2 Å². The lowest BCUT2D eigenvalue weighted by molar-refractivity contribution is -0.116. The number of aromatic nitrogens is 2. The van der Waals surface area contributed by atoms with Crippen LogP contribution in [-0.4, -0.2) is 29.9 Å². The molecule has 2 heterocycles. The predicted molar refractivity (Wildman–Crippen MR) is 77.8 cm³/mol. The van der Waals surface area contributed by atoms with Crippen molar-refractivity contribution in [3.05, 3.63) is 35.5 Å². The van der Waals surface area contributed by atoms with Gasteiger partial charge in [-0.15, -0.1) is 0 Å². The van der Waals surface area contributed by atoms with Crippen LogP contribution in [0.3, 0.4) is 0 Å². The van der Waals surface area contributed by atoms with Crippen LogP contribution < -0.4 is 14.8 Å². The number of benzene rings is 1. The molecule has 0 radical (unpaired) electrons. The van der Waals surface area contributed by atoms with Gasteiger partial charge in [-0.05, 0) is 6.07 Å². The van der Waals surface area contributed by atoms with Crippen molar-refractivity contribution in [1.82, 2.24) is 9.78 Å². The van der Waals surface area contributed by atoms with Crippen molar-refractivity contribution in [3.8, 4) is 11.5 Å². The van der Waals surface area contributed by atoms with Gasteiger partial charge < -0.3 is 14.8 Å². The van der Waals surface area contributed by atoms with Crippen molar-refractivity contribution < 1.29 is 14.3 Å². The van der Waals surface area contributed by atoms with E-state index in [0.717, 1.165) is 16.9 Å². The minimum Gasteiger partial charge on any atom is -0.493 e. The summed E-state index contributed by atoms with van der Waals surface area (Å²) in [4.78, 5) is 12.0. The topological polar surface area (TPSA) is 65.4 Å². The molecule has 1 unspecified atom stereocenters. The first-order valence-electron chi connectivity index (χ1n) is 6.68. The van der Waals surface area contributed by atoms with Gasteiger partial charge in [0.15, 0.2) is 11.5 Å². The summed E-state index contributed by atoms with van der Waals surface area (Å²) in [5.74, 6) is 1.94. The minimum absolute atomic E-state index is 0.0269. The first-order chi connectivity index (χ1) is 10.2. The molecule has 0 saturated carbocycles. The van der Waals surface area contributed by atoms with Crippen LogP contribution in [0.2, 0.25) is 0 Å². The fourth-order valence-electron chi connectivity index (χ4n) is 2.80. The van der Waals surface area contributed by atoms with Gasteiger partial charge in [-0.25, -0.2) is 0 Å². The number of nitrogens with one attached hydrogen (secondary N) is 1. The highest BCUT2D eigenvalue weighted by atomic mass is 16.5. The molecule has 0 saturated heterocycles. The van der Waals surface area contributed by atoms with Crippen molar-refractivity contribution in [2.24, 2.45) is 7.05 Å². The van der Waals surface area contributed by atoms with Gasteiger partial charge in [0.1, 0.15) is 5.82 Å². The molecule has 1 aliphatic heterocycles. The van der Waals surface area contributed by atoms with E-state index in [1.165, 1.54) is 0 Å². The van der Waals surface area contributed by atoms with Crippen LogP contribution in [0.4, 0.5) is 5.82 Å². The van der Waals surface area contributed by atoms with Crippen LogP contribution in [-0.2, 0) is 11.8 Å². The molecule has 0 bridgehead atoms. The molecule has 1 atom stereocenters. The summed E-state index contributed by atoms with van der Waals surface area (Å²) >= 11 is 0. The summed E-state index contributed by atoms with van der Waals surface area (Å²) in [5.41, 5.74) is 1.92. The zero-order valence-corrected chi connectivity index (χ0v) is 12.2. The Morgan fingerprint density at radius 3 is 2.81 bits per heavy atom. The van der Waals surface area contributed by atoms with Gasteiger partial charge in [0.25, 0.3) is 0 Å². The number of hydrogen-bond donors (Lipinski definition) is 1. The van der Waals surface area contributed by atoms with Gasteiger partial charge in [0, 0.05) is 30.5 Å². The van der Waals surface area contributed by atoms with E-state index in [-0.39, 0.29) is 11.8 Å². The number of hydrogen-bond acceptors (Lipinski definition) is 4. The first kappa shape index (κ1) is 13.5. The van der Waals surface area contributed by atoms with Gasteiger partial charge in [-0.3, -0.25) is 9.48 Å². The third-order valence-corrected chi connectivity index (χ3v) is 3.80. The normalized spacial score (nSPS) is 17.1. The second-order valence-corrected chi connectivity index (χ2v) is 4.96. The molecule has 1 aliphatic rings. The van der Waals surface area contributed by atoms with Gasteiger partial charge in [0.2, 0.25) is 5.91 Å². The van der Waals surface area contributed by atoms with E-state index < -0.39 is 0 Å². The second-order valence-electron chi connectivity index (χ2n) is 4.96. The maximum Gasteiger partial charge on any atom is 0.226 e. The molecule has 0 fully saturated rings. The fourth-order valence-corrected chi connectivity index (χ4v) is 2.80. The van der Waals surface area contributed by atoms with E-state index in [2.05, 4.69) is 10.4 Å². The van der Waals surface area contributed by atoms with E-state index in [1.54, 1.807) is 25.1 Å². The Balaban J connectivity index is 2.15. The van der Waals surface area contributed by atoms with Crippen LogP contribution in [0.1, 0.15) is 23.5 Å². The molecule has 1 amide bonds. The minimum atomic E-state index is -0.0903. The Morgan fingerprint density at radius 1 is 1.29 bits per heavy atom. The molecule has 6 heteroatoms.